The van der Waals surface area contributed by atoms with Gasteiger partial charge < -0.3 is 29.2 Å². The van der Waals surface area contributed by atoms with Gasteiger partial charge in [0.1, 0.15) is 11.6 Å². The van der Waals surface area contributed by atoms with E-state index in [0.29, 0.717) is 0 Å². The topological polar surface area (TPSA) is 34.1 Å². The van der Waals surface area contributed by atoms with Crippen LogP contribution in [0.3, 0.4) is 0 Å². The predicted molar refractivity (Wildman–Crippen MR) is 104 cm³/mol. The van der Waals surface area contributed by atoms with Crippen molar-refractivity contribution in [2.75, 3.05) is 18.6 Å². The van der Waals surface area contributed by atoms with Gasteiger partial charge in [-0.15, -0.1) is 0 Å². The first-order chi connectivity index (χ1) is 10.2. The van der Waals surface area contributed by atoms with Crippen molar-refractivity contribution < 1.29 is 29.6 Å². The van der Waals surface area contributed by atoms with E-state index in [-0.39, 0.29) is 46.4 Å². The molecule has 0 unspecified atom stereocenters. The molecule has 0 spiro atoms. The fraction of sp³-hybridized carbons (Fsp3) is 0.500. The van der Waals surface area contributed by atoms with Gasteiger partial charge in [-0.1, -0.05) is 20.8 Å². The van der Waals surface area contributed by atoms with E-state index in [1.54, 1.807) is 7.11 Å². The number of hydrogen-bond donors (Lipinski definition) is 0. The number of rotatable bonds is 4. The van der Waals surface area contributed by atoms with Gasteiger partial charge in [-0.2, -0.15) is 0 Å². The van der Waals surface area contributed by atoms with E-state index >= 15 is 0 Å². The Bertz CT molecular complexity index is 548. The third-order valence-corrected chi connectivity index (χ3v) is 4.17. The first-order valence-corrected chi connectivity index (χ1v) is 7.62. The van der Waals surface area contributed by atoms with Crippen molar-refractivity contribution in [1.82, 2.24) is 0 Å². The normalized spacial score (nSPS) is 17.0. The molecule has 1 aliphatic heterocycles. The van der Waals surface area contributed by atoms with Crippen molar-refractivity contribution in [1.29, 1.82) is 0 Å². The van der Waals surface area contributed by atoms with Gasteiger partial charge in [0.25, 0.3) is 0 Å². The van der Waals surface area contributed by atoms with Gasteiger partial charge in [0.2, 0.25) is 0 Å². The van der Waals surface area contributed by atoms with E-state index in [0.717, 1.165) is 23.8 Å². The molecule has 1 atom stereocenters. The second kappa shape index (κ2) is 9.70. The molecule has 0 saturated carbocycles. The van der Waals surface area contributed by atoms with E-state index in [4.69, 9.17) is 14.5 Å². The van der Waals surface area contributed by atoms with Gasteiger partial charge in [0.15, 0.2) is 0 Å². The molecule has 2 rings (SSSR count). The van der Waals surface area contributed by atoms with Crippen LogP contribution in [0.15, 0.2) is 29.3 Å². The summed E-state index contributed by atoms with van der Waals surface area (Å²) in [5, 5.41) is 0. The van der Waals surface area contributed by atoms with Crippen LogP contribution in [0.5, 0.6) is 5.75 Å². The van der Waals surface area contributed by atoms with Crippen LogP contribution >= 0.6 is 0 Å². The zero-order valence-corrected chi connectivity index (χ0v) is 19.2. The Morgan fingerprint density at radius 1 is 1.08 bits per heavy atom. The predicted octanol–water partition coefficient (Wildman–Crippen LogP) is 4.81. The number of hydrogen-bond acceptors (Lipinski definition) is 4. The van der Waals surface area contributed by atoms with E-state index in [1.807, 2.05) is 26.0 Å². The fourth-order valence-electron chi connectivity index (χ4n) is 2.52. The number of anilines is 1. The minimum absolute atomic E-state index is 0. The molecule has 1 heterocycles. The van der Waals surface area contributed by atoms with Gasteiger partial charge in [-0.3, -0.25) is 4.99 Å². The maximum absolute atomic E-state index is 5.43. The first-order valence-electron chi connectivity index (χ1n) is 7.62. The Morgan fingerprint density at radius 3 is 2.00 bits per heavy atom. The van der Waals surface area contributed by atoms with Crippen molar-refractivity contribution in [2.45, 2.75) is 46.3 Å². The second-order valence-corrected chi connectivity index (χ2v) is 7.30. The number of aliphatic imine (C=N–C) groups is 1. The summed E-state index contributed by atoms with van der Waals surface area (Å²) in [5.41, 5.74) is 0.667. The smallest absolute Gasteiger partial charge is 0.545 e. The molecule has 25 heavy (non-hydrogen) atoms. The fourth-order valence-corrected chi connectivity index (χ4v) is 2.52. The Morgan fingerprint density at radius 2 is 1.60 bits per heavy atom. The molecule has 0 aromatic heterocycles. The zero-order chi connectivity index (χ0) is 16.5. The molecule has 1 aromatic rings. The van der Waals surface area contributed by atoms with Gasteiger partial charge >= 0.3 is 20.1 Å². The third-order valence-electron chi connectivity index (χ3n) is 4.17. The maximum atomic E-state index is 5.43. The van der Waals surface area contributed by atoms with Gasteiger partial charge in [-0.05, 0) is 43.5 Å². The summed E-state index contributed by atoms with van der Waals surface area (Å²) in [5.74, 6) is 1.77. The van der Waals surface area contributed by atoms with Gasteiger partial charge in [0.05, 0.1) is 18.8 Å². The van der Waals surface area contributed by atoms with Crippen molar-refractivity contribution in [2.24, 2.45) is 10.4 Å². The SMILES string of the molecule is [CH2-]OC(C)(C)C1=N[C@@H](C(C)(C)C)CN1c1ccc(OC)cc1.[CH3-].[CH3-].[Ir+3]. The van der Waals surface area contributed by atoms with Crippen LogP contribution in [-0.4, -0.2) is 31.1 Å². The van der Waals surface area contributed by atoms with Crippen molar-refractivity contribution in [3.63, 3.8) is 0 Å². The average molecular weight is 526 g/mol. The van der Waals surface area contributed by atoms with Crippen LogP contribution in [0.2, 0.25) is 0 Å². The number of nitrogens with zero attached hydrogens (tertiary/aromatic N) is 2. The Kier molecular flexibility index (Phi) is 10.2. The molecule has 0 aliphatic carbocycles. The third kappa shape index (κ3) is 5.80. The van der Waals surface area contributed by atoms with E-state index < -0.39 is 5.60 Å². The molecule has 144 valence electrons. The van der Waals surface area contributed by atoms with Gasteiger partial charge in [-0.25, -0.2) is 7.11 Å². The van der Waals surface area contributed by atoms with Crippen LogP contribution in [0.4, 0.5) is 5.69 Å². The van der Waals surface area contributed by atoms with Crippen molar-refractivity contribution in [3.8, 4) is 5.75 Å². The molecular weight excluding hydrogens is 492 g/mol. The van der Waals surface area contributed by atoms with Crippen molar-refractivity contribution >= 4 is 11.5 Å². The van der Waals surface area contributed by atoms with E-state index in [1.165, 1.54) is 0 Å². The summed E-state index contributed by atoms with van der Waals surface area (Å²) in [6, 6.07) is 8.26. The quantitative estimate of drug-likeness (QED) is 0.529. The molecule has 0 saturated heterocycles. The summed E-state index contributed by atoms with van der Waals surface area (Å²) < 4.78 is 10.7. The minimum Gasteiger partial charge on any atom is -0.545 e. The number of benzene rings is 1. The van der Waals surface area contributed by atoms with Crippen LogP contribution < -0.4 is 9.64 Å². The second-order valence-electron chi connectivity index (χ2n) is 7.30. The van der Waals surface area contributed by atoms with E-state index in [2.05, 4.69) is 44.9 Å². The number of amidine groups is 1. The standard InChI is InChI=1S/C18H27N2O2.2CH3.Ir/c1-17(2,3)15-12-20(16(19-15)18(4,5)22-7)13-8-10-14(21-6)11-9-13;;;/h8-11,15H,7,12H2,1-6H3;2*1H3;/q3*-1;+3/t15-;;;/m1.../s1. The summed E-state index contributed by atoms with van der Waals surface area (Å²) in [7, 11) is 5.29. The maximum Gasteiger partial charge on any atom is 3.00 e. The minimum atomic E-state index is -0.528. The molecule has 1 aromatic carbocycles. The molecule has 0 radical (unpaired) electrons. The molecule has 0 amide bonds. The van der Waals surface area contributed by atoms with Gasteiger partial charge in [0, 0.05) is 12.2 Å². The zero-order valence-electron chi connectivity index (χ0n) is 16.8. The molecule has 5 heteroatoms. The monoisotopic (exact) mass is 526 g/mol. The largest absolute Gasteiger partial charge is 3.00 e. The van der Waals surface area contributed by atoms with Crippen LogP contribution in [-0.2, 0) is 24.8 Å². The Hall–Kier alpha value is -0.901. The molecule has 0 fully saturated rings. The van der Waals surface area contributed by atoms with Crippen LogP contribution in [0.1, 0.15) is 34.6 Å². The number of ether oxygens (including phenoxy) is 2. The summed E-state index contributed by atoms with van der Waals surface area (Å²) in [6.45, 7) is 11.5. The molecule has 1 aliphatic rings. The summed E-state index contributed by atoms with van der Waals surface area (Å²) in [6.07, 6.45) is 0. The first kappa shape index (κ1) is 26.3. The molecule has 4 nitrogen and oxygen atoms in total. The summed E-state index contributed by atoms with van der Waals surface area (Å²) in [4.78, 5) is 7.17. The van der Waals surface area contributed by atoms with Crippen LogP contribution in [0, 0.1) is 27.4 Å². The van der Waals surface area contributed by atoms with Crippen LogP contribution in [0.25, 0.3) is 0 Å². The molecular formula is C20H33IrN2O2. The molecule has 0 bridgehead atoms. The average Bonchev–Trinajstić information content (AvgIpc) is 2.93. The molecule has 0 N–H and O–H groups in total. The Balaban J connectivity index is 0. The summed E-state index contributed by atoms with van der Waals surface area (Å²) >= 11 is 0. The van der Waals surface area contributed by atoms with E-state index in [9.17, 15) is 0 Å². The van der Waals surface area contributed by atoms with Crippen molar-refractivity contribution in [3.05, 3.63) is 46.2 Å². The Labute approximate surface area is 168 Å². The number of methoxy groups -OCH3 is 1.